The highest BCUT2D eigenvalue weighted by Crippen LogP contribution is 2.28. The summed E-state index contributed by atoms with van der Waals surface area (Å²) in [5.41, 5.74) is 3.49. The summed E-state index contributed by atoms with van der Waals surface area (Å²) < 4.78 is 13.1. The summed E-state index contributed by atoms with van der Waals surface area (Å²) in [7, 11) is 1.80. The van der Waals surface area contributed by atoms with E-state index in [1.807, 2.05) is 13.8 Å². The molecular formula is C13H13ClFN3. The van der Waals surface area contributed by atoms with Gasteiger partial charge in [-0.1, -0.05) is 11.6 Å². The second kappa shape index (κ2) is 4.90. The lowest BCUT2D eigenvalue weighted by molar-refractivity contribution is 0.628. The number of anilines is 1. The minimum Gasteiger partial charge on any atom is -0.371 e. The average Bonchev–Trinajstić information content (AvgIpc) is 2.36. The van der Waals surface area contributed by atoms with Gasteiger partial charge in [-0.05, 0) is 43.2 Å². The number of nitrogens with zero attached hydrogens (tertiary/aromatic N) is 2. The van der Waals surface area contributed by atoms with Crippen LogP contribution in [-0.2, 0) is 0 Å². The molecule has 5 heteroatoms. The van der Waals surface area contributed by atoms with Crippen molar-refractivity contribution in [2.75, 3.05) is 12.4 Å². The van der Waals surface area contributed by atoms with Gasteiger partial charge in [0.2, 0.25) is 0 Å². The van der Waals surface area contributed by atoms with Crippen LogP contribution in [0.25, 0.3) is 11.3 Å². The van der Waals surface area contributed by atoms with E-state index in [9.17, 15) is 4.39 Å². The smallest absolute Gasteiger partial charge is 0.151 e. The Morgan fingerprint density at radius 3 is 2.50 bits per heavy atom. The summed E-state index contributed by atoms with van der Waals surface area (Å²) in [4.78, 5) is 0. The molecule has 2 aromatic rings. The number of rotatable bonds is 2. The fourth-order valence-corrected chi connectivity index (χ4v) is 1.94. The Hall–Kier alpha value is -1.68. The molecule has 1 heterocycles. The molecule has 0 unspecified atom stereocenters. The van der Waals surface area contributed by atoms with Crippen LogP contribution in [0, 0.1) is 19.7 Å². The van der Waals surface area contributed by atoms with Crippen LogP contribution in [0.3, 0.4) is 0 Å². The molecule has 0 bridgehead atoms. The molecule has 1 N–H and O–H groups in total. The van der Waals surface area contributed by atoms with E-state index in [2.05, 4.69) is 15.5 Å². The highest BCUT2D eigenvalue weighted by molar-refractivity contribution is 6.31. The van der Waals surface area contributed by atoms with Gasteiger partial charge in [0, 0.05) is 12.6 Å². The molecule has 3 nitrogen and oxygen atoms in total. The predicted molar refractivity (Wildman–Crippen MR) is 71.5 cm³/mol. The second-order valence-electron chi connectivity index (χ2n) is 4.03. The third kappa shape index (κ3) is 2.16. The van der Waals surface area contributed by atoms with Gasteiger partial charge in [-0.15, -0.1) is 10.2 Å². The van der Waals surface area contributed by atoms with Gasteiger partial charge in [-0.2, -0.15) is 0 Å². The summed E-state index contributed by atoms with van der Waals surface area (Å²) >= 11 is 5.78. The molecule has 0 aliphatic heterocycles. The van der Waals surface area contributed by atoms with E-state index < -0.39 is 5.82 Å². The Bertz CT molecular complexity index is 599. The van der Waals surface area contributed by atoms with Crippen molar-refractivity contribution in [3.05, 3.63) is 40.2 Å². The zero-order chi connectivity index (χ0) is 13.3. The van der Waals surface area contributed by atoms with Gasteiger partial charge in [0.1, 0.15) is 5.82 Å². The maximum absolute atomic E-state index is 13.1. The van der Waals surface area contributed by atoms with Crippen molar-refractivity contribution in [1.82, 2.24) is 10.2 Å². The van der Waals surface area contributed by atoms with Crippen molar-refractivity contribution in [2.45, 2.75) is 13.8 Å². The number of aromatic nitrogens is 2. The first kappa shape index (κ1) is 12.8. The van der Waals surface area contributed by atoms with E-state index >= 15 is 0 Å². The molecule has 0 atom stereocenters. The maximum atomic E-state index is 13.1. The molecule has 1 aromatic heterocycles. The predicted octanol–water partition coefficient (Wildman–Crippen LogP) is 3.59. The molecular weight excluding hydrogens is 253 g/mol. The molecule has 0 aliphatic carbocycles. The van der Waals surface area contributed by atoms with Crippen LogP contribution in [0.5, 0.6) is 0 Å². The van der Waals surface area contributed by atoms with Gasteiger partial charge in [-0.3, -0.25) is 0 Å². The van der Waals surface area contributed by atoms with Gasteiger partial charge >= 0.3 is 0 Å². The Morgan fingerprint density at radius 2 is 1.89 bits per heavy atom. The van der Waals surface area contributed by atoms with Gasteiger partial charge in [0.05, 0.1) is 10.7 Å². The summed E-state index contributed by atoms with van der Waals surface area (Å²) in [5.74, 6) is 0.305. The molecule has 0 saturated heterocycles. The molecule has 0 aliphatic rings. The van der Waals surface area contributed by atoms with Crippen molar-refractivity contribution < 1.29 is 4.39 Å². The molecule has 0 amide bonds. The van der Waals surface area contributed by atoms with Crippen LogP contribution < -0.4 is 5.32 Å². The number of benzene rings is 1. The van der Waals surface area contributed by atoms with Crippen LogP contribution >= 0.6 is 11.6 Å². The van der Waals surface area contributed by atoms with Gasteiger partial charge in [-0.25, -0.2) is 4.39 Å². The van der Waals surface area contributed by atoms with Crippen molar-refractivity contribution in [2.24, 2.45) is 0 Å². The van der Waals surface area contributed by atoms with Crippen molar-refractivity contribution in [1.29, 1.82) is 0 Å². The Balaban J connectivity index is 2.57. The molecule has 0 saturated carbocycles. The van der Waals surface area contributed by atoms with E-state index in [1.165, 1.54) is 6.07 Å². The van der Waals surface area contributed by atoms with E-state index in [1.54, 1.807) is 19.2 Å². The van der Waals surface area contributed by atoms with Crippen LogP contribution in [-0.4, -0.2) is 17.2 Å². The van der Waals surface area contributed by atoms with Crippen LogP contribution in [0.15, 0.2) is 18.2 Å². The first-order valence-electron chi connectivity index (χ1n) is 5.51. The van der Waals surface area contributed by atoms with E-state index in [0.717, 1.165) is 22.5 Å². The molecule has 94 valence electrons. The highest BCUT2D eigenvalue weighted by Gasteiger charge is 2.11. The molecule has 0 spiro atoms. The highest BCUT2D eigenvalue weighted by atomic mass is 35.5. The lowest BCUT2D eigenvalue weighted by Crippen LogP contribution is -2.02. The van der Waals surface area contributed by atoms with Crippen molar-refractivity contribution >= 4 is 17.4 Å². The minimum atomic E-state index is -0.436. The first-order valence-corrected chi connectivity index (χ1v) is 5.89. The van der Waals surface area contributed by atoms with Crippen molar-refractivity contribution in [3.63, 3.8) is 0 Å². The lowest BCUT2D eigenvalue weighted by Gasteiger charge is -2.11. The normalized spacial score (nSPS) is 10.5. The van der Waals surface area contributed by atoms with Gasteiger partial charge < -0.3 is 5.32 Å². The largest absolute Gasteiger partial charge is 0.371 e. The summed E-state index contributed by atoms with van der Waals surface area (Å²) in [6.07, 6.45) is 0. The van der Waals surface area contributed by atoms with E-state index in [-0.39, 0.29) is 5.02 Å². The summed E-state index contributed by atoms with van der Waals surface area (Å²) in [5, 5.41) is 11.3. The fraction of sp³-hybridized carbons (Fsp3) is 0.231. The van der Waals surface area contributed by atoms with Crippen LogP contribution in [0.2, 0.25) is 5.02 Å². The molecule has 0 radical (unpaired) electrons. The third-order valence-corrected chi connectivity index (χ3v) is 3.24. The quantitative estimate of drug-likeness (QED) is 0.902. The average molecular weight is 266 g/mol. The number of halogens is 2. The van der Waals surface area contributed by atoms with Gasteiger partial charge in [0.15, 0.2) is 5.82 Å². The Kier molecular flexibility index (Phi) is 3.48. The Morgan fingerprint density at radius 1 is 1.17 bits per heavy atom. The van der Waals surface area contributed by atoms with Crippen LogP contribution in [0.4, 0.5) is 10.2 Å². The maximum Gasteiger partial charge on any atom is 0.151 e. The topological polar surface area (TPSA) is 37.8 Å². The van der Waals surface area contributed by atoms with Crippen LogP contribution in [0.1, 0.15) is 11.1 Å². The zero-order valence-corrected chi connectivity index (χ0v) is 11.1. The lowest BCUT2D eigenvalue weighted by atomic mass is 10.0. The number of nitrogens with one attached hydrogen (secondary N) is 1. The molecule has 2 rings (SSSR count). The Labute approximate surface area is 110 Å². The third-order valence-electron chi connectivity index (χ3n) is 2.95. The van der Waals surface area contributed by atoms with Gasteiger partial charge in [0.25, 0.3) is 0 Å². The fourth-order valence-electron chi connectivity index (χ4n) is 1.76. The van der Waals surface area contributed by atoms with E-state index in [0.29, 0.717) is 5.69 Å². The molecule has 18 heavy (non-hydrogen) atoms. The zero-order valence-electron chi connectivity index (χ0n) is 10.4. The standard InChI is InChI=1S/C13H13ClFN3/c1-7-8(2)13(16-3)18-17-12(7)9-4-5-11(15)10(14)6-9/h4-6H,1-3H3,(H,16,18). The second-order valence-corrected chi connectivity index (χ2v) is 4.43. The summed E-state index contributed by atoms with van der Waals surface area (Å²) in [6.45, 7) is 3.92. The first-order chi connectivity index (χ1) is 8.54. The number of hydrogen-bond acceptors (Lipinski definition) is 3. The van der Waals surface area contributed by atoms with Crippen molar-refractivity contribution in [3.8, 4) is 11.3 Å². The molecule has 1 aromatic carbocycles. The number of hydrogen-bond donors (Lipinski definition) is 1. The van der Waals surface area contributed by atoms with E-state index in [4.69, 9.17) is 11.6 Å². The minimum absolute atomic E-state index is 0.0871. The summed E-state index contributed by atoms with van der Waals surface area (Å²) in [6, 6.07) is 4.54. The SMILES string of the molecule is CNc1nnc(-c2ccc(F)c(Cl)c2)c(C)c1C. The molecule has 0 fully saturated rings. The monoisotopic (exact) mass is 265 g/mol.